The van der Waals surface area contributed by atoms with Gasteiger partial charge in [-0.2, -0.15) is 0 Å². The third kappa shape index (κ3) is 3.76. The number of aliphatic hydroxyl groups excluding tert-OH is 1. The summed E-state index contributed by atoms with van der Waals surface area (Å²) in [7, 11) is -3.30. The molecule has 3 unspecified atom stereocenters. The maximum absolute atomic E-state index is 10.9. The summed E-state index contributed by atoms with van der Waals surface area (Å²) in [5.74, 6) is 0.194. The number of ether oxygens (including phenoxy) is 2. The summed E-state index contributed by atoms with van der Waals surface area (Å²) in [5.41, 5.74) is 5.05. The van der Waals surface area contributed by atoms with Crippen molar-refractivity contribution in [3.05, 3.63) is 24.3 Å². The van der Waals surface area contributed by atoms with E-state index in [1.54, 1.807) is 12.3 Å². The number of phosphoric acid groups is 1. The van der Waals surface area contributed by atoms with Gasteiger partial charge in [0.1, 0.15) is 35.6 Å². The van der Waals surface area contributed by atoms with E-state index in [1.165, 1.54) is 31.2 Å². The van der Waals surface area contributed by atoms with Crippen LogP contribution in [0.2, 0.25) is 0 Å². The Balaban J connectivity index is 2.03. The van der Waals surface area contributed by atoms with Crippen molar-refractivity contribution in [3.8, 4) is 0 Å². The number of nitrogens with zero attached hydrogens (tertiary/aromatic N) is 3. The molecule has 12 nitrogen and oxygen atoms in total. The van der Waals surface area contributed by atoms with Crippen molar-refractivity contribution in [2.75, 3.05) is 19.5 Å². The molecule has 0 aromatic carbocycles. The maximum atomic E-state index is 10.9. The minimum absolute atomic E-state index is 0.194. The Bertz CT molecular complexity index is 940. The van der Waals surface area contributed by atoms with Gasteiger partial charge in [0.2, 0.25) is 0 Å². The molecule has 3 heterocycles. The van der Waals surface area contributed by atoms with Gasteiger partial charge in [-0.05, 0) is 13.0 Å². The molecule has 0 spiro atoms. The molecule has 1 fully saturated rings. The van der Waals surface area contributed by atoms with E-state index in [0.717, 1.165) is 0 Å². The SMILES string of the molecule is CO/C=C\c1cn(C2OC(COP(=O)(O)O)C(O)[C@@]2(C)O)c2ncnc(N)c12. The summed E-state index contributed by atoms with van der Waals surface area (Å²) < 4.78 is 27.4. The highest BCUT2D eigenvalue weighted by atomic mass is 31.2. The zero-order valence-electron chi connectivity index (χ0n) is 15.0. The number of nitrogen functional groups attached to an aromatic ring is 1. The molecule has 2 aromatic heterocycles. The van der Waals surface area contributed by atoms with Crippen LogP contribution >= 0.6 is 7.82 Å². The lowest BCUT2D eigenvalue weighted by molar-refractivity contribution is -0.0947. The summed E-state index contributed by atoms with van der Waals surface area (Å²) in [6.07, 6.45) is 2.04. The van der Waals surface area contributed by atoms with Crippen LogP contribution in [0.25, 0.3) is 17.1 Å². The fourth-order valence-corrected chi connectivity index (χ4v) is 3.47. The molecule has 0 amide bonds. The standard InChI is InChI=1S/C15H21N4O8P/c1-15(21)11(20)9(6-26-28(22,23)24)27-14(15)19-5-8(3-4-25-2)10-12(16)17-7-18-13(10)19/h3-5,7,9,11,14,20-21H,6H2,1-2H3,(H2,16,17,18)(H2,22,23,24)/b4-3-/t9?,11?,14?,15-/m1/s1. The number of phosphoric ester groups is 1. The molecule has 0 bridgehead atoms. The highest BCUT2D eigenvalue weighted by Crippen LogP contribution is 2.43. The predicted octanol–water partition coefficient (Wildman–Crippen LogP) is -0.251. The molecule has 0 saturated carbocycles. The van der Waals surface area contributed by atoms with Gasteiger partial charge >= 0.3 is 7.82 Å². The van der Waals surface area contributed by atoms with E-state index in [2.05, 4.69) is 14.5 Å². The molecular formula is C15H21N4O8P. The number of fused-ring (bicyclic) bond motifs is 1. The van der Waals surface area contributed by atoms with Crippen molar-refractivity contribution in [2.45, 2.75) is 31.0 Å². The molecule has 1 aliphatic heterocycles. The van der Waals surface area contributed by atoms with Gasteiger partial charge in [-0.1, -0.05) is 0 Å². The molecular weight excluding hydrogens is 395 g/mol. The van der Waals surface area contributed by atoms with E-state index in [-0.39, 0.29) is 5.82 Å². The number of nitrogens with two attached hydrogens (primary N) is 1. The Labute approximate surface area is 159 Å². The van der Waals surface area contributed by atoms with Crippen LogP contribution in [0, 0.1) is 0 Å². The first-order valence-electron chi connectivity index (χ1n) is 8.12. The van der Waals surface area contributed by atoms with Crippen molar-refractivity contribution in [2.24, 2.45) is 0 Å². The maximum Gasteiger partial charge on any atom is 0.469 e. The lowest BCUT2D eigenvalue weighted by Gasteiger charge is -2.27. The third-order valence-corrected chi connectivity index (χ3v) is 4.95. The fraction of sp³-hybridized carbons (Fsp3) is 0.467. The van der Waals surface area contributed by atoms with Crippen molar-refractivity contribution >= 4 is 30.7 Å². The number of rotatable bonds is 6. The van der Waals surface area contributed by atoms with Gasteiger partial charge in [0.05, 0.1) is 25.4 Å². The van der Waals surface area contributed by atoms with Gasteiger partial charge in [-0.25, -0.2) is 14.5 Å². The average Bonchev–Trinajstić information content (AvgIpc) is 3.08. The molecule has 2 aromatic rings. The van der Waals surface area contributed by atoms with Crippen LogP contribution in [0.3, 0.4) is 0 Å². The monoisotopic (exact) mass is 416 g/mol. The van der Waals surface area contributed by atoms with Crippen LogP contribution in [0.5, 0.6) is 0 Å². The Kier molecular flexibility index (Phi) is 5.47. The van der Waals surface area contributed by atoms with Crippen LogP contribution in [0.1, 0.15) is 18.7 Å². The average molecular weight is 416 g/mol. The lowest BCUT2D eigenvalue weighted by Crippen LogP contribution is -2.44. The van der Waals surface area contributed by atoms with Crippen LogP contribution in [-0.2, 0) is 18.6 Å². The molecule has 154 valence electrons. The van der Waals surface area contributed by atoms with Crippen LogP contribution in [0.15, 0.2) is 18.8 Å². The first-order valence-corrected chi connectivity index (χ1v) is 9.65. The second kappa shape index (κ2) is 7.41. The predicted molar refractivity (Wildman–Crippen MR) is 96.5 cm³/mol. The molecule has 0 aliphatic carbocycles. The Morgan fingerprint density at radius 3 is 2.82 bits per heavy atom. The first-order chi connectivity index (χ1) is 13.1. The largest absolute Gasteiger partial charge is 0.504 e. The lowest BCUT2D eigenvalue weighted by atomic mass is 9.96. The van der Waals surface area contributed by atoms with E-state index < -0.39 is 38.5 Å². The summed E-state index contributed by atoms with van der Waals surface area (Å²) in [5, 5.41) is 21.7. The van der Waals surface area contributed by atoms with E-state index in [4.69, 9.17) is 25.0 Å². The van der Waals surface area contributed by atoms with Gasteiger partial charge in [-0.15, -0.1) is 0 Å². The summed E-state index contributed by atoms with van der Waals surface area (Å²) >= 11 is 0. The van der Waals surface area contributed by atoms with E-state index in [1.807, 2.05) is 0 Å². The summed E-state index contributed by atoms with van der Waals surface area (Å²) in [6, 6.07) is 0. The molecule has 1 aliphatic rings. The highest BCUT2D eigenvalue weighted by molar-refractivity contribution is 7.46. The molecule has 3 rings (SSSR count). The zero-order chi connectivity index (χ0) is 20.7. The molecule has 13 heteroatoms. The zero-order valence-corrected chi connectivity index (χ0v) is 15.9. The van der Waals surface area contributed by atoms with Crippen LogP contribution in [-0.4, -0.2) is 66.1 Å². The Morgan fingerprint density at radius 1 is 1.46 bits per heavy atom. The molecule has 6 N–H and O–H groups in total. The summed E-state index contributed by atoms with van der Waals surface area (Å²) in [4.78, 5) is 25.9. The number of hydrogen-bond donors (Lipinski definition) is 5. The first kappa shape index (κ1) is 20.7. The molecule has 0 radical (unpaired) electrons. The van der Waals surface area contributed by atoms with Gasteiger partial charge in [0, 0.05) is 11.8 Å². The fourth-order valence-electron chi connectivity index (χ4n) is 3.13. The number of hydrogen-bond acceptors (Lipinski definition) is 9. The van der Waals surface area contributed by atoms with Gasteiger partial charge < -0.3 is 39.8 Å². The molecule has 4 atom stereocenters. The van der Waals surface area contributed by atoms with E-state index >= 15 is 0 Å². The summed E-state index contributed by atoms with van der Waals surface area (Å²) in [6.45, 7) is 0.714. The second-order valence-electron chi connectivity index (χ2n) is 6.47. The minimum atomic E-state index is -4.77. The van der Waals surface area contributed by atoms with Crippen molar-refractivity contribution < 1.29 is 38.6 Å². The second-order valence-corrected chi connectivity index (χ2v) is 7.71. The van der Waals surface area contributed by atoms with Gasteiger partial charge in [0.15, 0.2) is 6.23 Å². The van der Waals surface area contributed by atoms with Crippen LogP contribution < -0.4 is 5.73 Å². The quantitative estimate of drug-likeness (QED) is 0.309. The van der Waals surface area contributed by atoms with Crippen molar-refractivity contribution in [1.29, 1.82) is 0 Å². The third-order valence-electron chi connectivity index (χ3n) is 4.47. The normalized spacial score (nSPS) is 28.4. The number of anilines is 1. The Morgan fingerprint density at radius 2 is 2.18 bits per heavy atom. The number of methoxy groups -OCH3 is 1. The Hall–Kier alpha value is -2.05. The minimum Gasteiger partial charge on any atom is -0.504 e. The molecule has 1 saturated heterocycles. The van der Waals surface area contributed by atoms with E-state index in [0.29, 0.717) is 16.6 Å². The highest BCUT2D eigenvalue weighted by Gasteiger charge is 2.54. The van der Waals surface area contributed by atoms with Gasteiger partial charge in [0.25, 0.3) is 0 Å². The number of aromatic nitrogens is 3. The van der Waals surface area contributed by atoms with Crippen molar-refractivity contribution in [1.82, 2.24) is 14.5 Å². The van der Waals surface area contributed by atoms with Crippen LogP contribution in [0.4, 0.5) is 5.82 Å². The smallest absolute Gasteiger partial charge is 0.469 e. The van der Waals surface area contributed by atoms with Gasteiger partial charge in [-0.3, -0.25) is 4.52 Å². The number of aliphatic hydroxyl groups is 2. The molecule has 28 heavy (non-hydrogen) atoms. The van der Waals surface area contributed by atoms with Crippen molar-refractivity contribution in [3.63, 3.8) is 0 Å². The van der Waals surface area contributed by atoms with E-state index in [9.17, 15) is 14.8 Å². The topological polar surface area (TPSA) is 182 Å².